The number of hydrogen-bond donors (Lipinski definition) is 0. The minimum Gasteiger partial charge on any atom is -0.462 e. The number of carbonyl (C=O) groups is 1. The molecule has 2 aliphatic carbocycles. The normalized spacial score (nSPS) is 30.7. The molecule has 5 heteroatoms. The molecule has 0 spiro atoms. The lowest BCUT2D eigenvalue weighted by Gasteiger charge is -2.45. The van der Waals surface area contributed by atoms with Crippen molar-refractivity contribution in [3.05, 3.63) is 58.3 Å². The van der Waals surface area contributed by atoms with E-state index in [-0.39, 0.29) is 12.1 Å². The van der Waals surface area contributed by atoms with Crippen molar-refractivity contribution in [1.82, 2.24) is 4.98 Å². The maximum atomic E-state index is 12.0. The van der Waals surface area contributed by atoms with Crippen LogP contribution in [0, 0.1) is 23.7 Å². The zero-order valence-electron chi connectivity index (χ0n) is 16.8. The molecule has 1 aliphatic heterocycles. The number of halogens is 2. The van der Waals surface area contributed by atoms with Crippen LogP contribution in [0.1, 0.15) is 44.2 Å². The van der Waals surface area contributed by atoms with Crippen molar-refractivity contribution in [3.8, 4) is 11.1 Å². The number of rotatable bonds is 3. The van der Waals surface area contributed by atoms with Gasteiger partial charge in [0.1, 0.15) is 6.10 Å². The number of hydrogen-bond acceptors (Lipinski definition) is 3. The fourth-order valence-electron chi connectivity index (χ4n) is 5.76. The van der Waals surface area contributed by atoms with Gasteiger partial charge in [-0.1, -0.05) is 54.6 Å². The van der Waals surface area contributed by atoms with Crippen molar-refractivity contribution >= 4 is 35.2 Å². The van der Waals surface area contributed by atoms with E-state index in [4.69, 9.17) is 27.9 Å². The Hall–Kier alpha value is -1.84. The number of benzene rings is 1. The highest BCUT2D eigenvalue weighted by Crippen LogP contribution is 2.51. The minimum absolute atomic E-state index is 0.0251. The van der Waals surface area contributed by atoms with E-state index in [0.29, 0.717) is 40.1 Å². The van der Waals surface area contributed by atoms with Crippen molar-refractivity contribution in [2.24, 2.45) is 23.7 Å². The second kappa shape index (κ2) is 8.36. The van der Waals surface area contributed by atoms with Gasteiger partial charge in [0.25, 0.3) is 0 Å². The topological polar surface area (TPSA) is 39.2 Å². The summed E-state index contributed by atoms with van der Waals surface area (Å²) in [6, 6.07) is 9.49. The Morgan fingerprint density at radius 1 is 1.07 bits per heavy atom. The molecule has 2 aromatic rings. The van der Waals surface area contributed by atoms with Gasteiger partial charge in [-0.3, -0.25) is 9.78 Å². The number of pyridine rings is 1. The average Bonchev–Trinajstić information content (AvgIpc) is 3.13. The molecule has 3 fully saturated rings. The second-order valence-corrected chi connectivity index (χ2v) is 9.72. The summed E-state index contributed by atoms with van der Waals surface area (Å²) in [4.78, 5) is 16.6. The van der Waals surface area contributed by atoms with Gasteiger partial charge in [-0.25, -0.2) is 0 Å². The van der Waals surface area contributed by atoms with Crippen molar-refractivity contribution in [2.75, 3.05) is 0 Å². The summed E-state index contributed by atoms with van der Waals surface area (Å²) in [6.07, 6.45) is 13.1. The first-order valence-electron chi connectivity index (χ1n) is 10.9. The van der Waals surface area contributed by atoms with Gasteiger partial charge in [0.05, 0.1) is 12.1 Å². The largest absolute Gasteiger partial charge is 0.462 e. The van der Waals surface area contributed by atoms with Crippen LogP contribution in [0.15, 0.2) is 42.6 Å². The Labute approximate surface area is 187 Å². The first-order chi connectivity index (χ1) is 14.6. The van der Waals surface area contributed by atoms with Crippen molar-refractivity contribution in [2.45, 2.75) is 44.6 Å². The standard InChI is InChI=1S/C25H25Cl2NO2/c26-17-6-10-23(27)21(12-17)16-5-7-18(28-14-16)8-9-20-19-4-2-1-3-15(19)11-24-22(20)13-25(29)30-24/h5-10,12,14-15,19-20,22,24H,1-4,11,13H2/t15-,19+,20-,22+,24-/m0/s1. The Morgan fingerprint density at radius 2 is 1.93 bits per heavy atom. The zero-order valence-corrected chi connectivity index (χ0v) is 18.3. The first kappa shape index (κ1) is 20.1. The Balaban J connectivity index is 1.38. The summed E-state index contributed by atoms with van der Waals surface area (Å²) in [6.45, 7) is 0. The summed E-state index contributed by atoms with van der Waals surface area (Å²) >= 11 is 12.4. The van der Waals surface area contributed by atoms with Crippen molar-refractivity contribution in [3.63, 3.8) is 0 Å². The van der Waals surface area contributed by atoms with Crippen molar-refractivity contribution < 1.29 is 9.53 Å². The van der Waals surface area contributed by atoms with Crippen LogP contribution >= 0.6 is 23.2 Å². The fourth-order valence-corrected chi connectivity index (χ4v) is 6.16. The van der Waals surface area contributed by atoms with Crippen LogP contribution in [0.4, 0.5) is 0 Å². The number of allylic oxidation sites excluding steroid dienone is 1. The molecule has 30 heavy (non-hydrogen) atoms. The molecule has 0 amide bonds. The monoisotopic (exact) mass is 441 g/mol. The first-order valence-corrected chi connectivity index (χ1v) is 11.6. The molecule has 0 unspecified atom stereocenters. The van der Waals surface area contributed by atoms with E-state index in [2.05, 4.69) is 17.1 Å². The number of aromatic nitrogens is 1. The summed E-state index contributed by atoms with van der Waals surface area (Å²) in [5, 5.41) is 1.31. The molecule has 0 radical (unpaired) electrons. The molecular weight excluding hydrogens is 417 g/mol. The van der Waals surface area contributed by atoms with Crippen LogP contribution in [0.25, 0.3) is 17.2 Å². The highest BCUT2D eigenvalue weighted by Gasteiger charge is 2.49. The summed E-state index contributed by atoms with van der Waals surface area (Å²) in [5.74, 6) is 2.03. The maximum Gasteiger partial charge on any atom is 0.306 e. The third-order valence-electron chi connectivity index (χ3n) is 7.17. The molecule has 5 rings (SSSR count). The van der Waals surface area contributed by atoms with Crippen molar-refractivity contribution in [1.29, 1.82) is 0 Å². The summed E-state index contributed by atoms with van der Waals surface area (Å²) < 4.78 is 5.67. The fraction of sp³-hybridized carbons (Fsp3) is 0.440. The predicted octanol–water partition coefficient (Wildman–Crippen LogP) is 6.83. The van der Waals surface area contributed by atoms with E-state index < -0.39 is 0 Å². The molecule has 1 aromatic carbocycles. The third-order valence-corrected chi connectivity index (χ3v) is 7.73. The lowest BCUT2D eigenvalue weighted by Crippen LogP contribution is -2.41. The van der Waals surface area contributed by atoms with E-state index in [9.17, 15) is 4.79 Å². The minimum atomic E-state index is -0.0251. The summed E-state index contributed by atoms with van der Waals surface area (Å²) in [5.41, 5.74) is 2.74. The number of nitrogens with zero attached hydrogens (tertiary/aromatic N) is 1. The molecule has 0 N–H and O–H groups in total. The Morgan fingerprint density at radius 3 is 2.77 bits per heavy atom. The van der Waals surface area contributed by atoms with Crippen LogP contribution in [0.3, 0.4) is 0 Å². The number of fused-ring (bicyclic) bond motifs is 2. The van der Waals surface area contributed by atoms with Gasteiger partial charge in [-0.2, -0.15) is 0 Å². The van der Waals surface area contributed by atoms with E-state index >= 15 is 0 Å². The van der Waals surface area contributed by atoms with Gasteiger partial charge in [-0.05, 0) is 60.9 Å². The molecule has 3 aliphatic rings. The van der Waals surface area contributed by atoms with Gasteiger partial charge in [-0.15, -0.1) is 0 Å². The maximum absolute atomic E-state index is 12.0. The van der Waals surface area contributed by atoms with E-state index in [1.807, 2.05) is 24.4 Å². The SMILES string of the molecule is O=C1C[C@@H]2[C@@H](C=Cc3ccc(-c4cc(Cl)ccc4Cl)cn3)[C@@H]3CCCC[C@H]3C[C@@H]2O1. The lowest BCUT2D eigenvalue weighted by molar-refractivity contribution is -0.143. The highest BCUT2D eigenvalue weighted by molar-refractivity contribution is 6.35. The molecule has 1 saturated heterocycles. The van der Waals surface area contributed by atoms with Crippen LogP contribution in [0.5, 0.6) is 0 Å². The van der Waals surface area contributed by atoms with Gasteiger partial charge >= 0.3 is 5.97 Å². The summed E-state index contributed by atoms with van der Waals surface area (Å²) in [7, 11) is 0. The molecule has 156 valence electrons. The number of carbonyl (C=O) groups excluding carboxylic acids is 1. The molecule has 5 atom stereocenters. The number of esters is 1. The van der Waals surface area contributed by atoms with E-state index in [1.165, 1.54) is 25.7 Å². The molecular formula is C25H25Cl2NO2. The van der Waals surface area contributed by atoms with Crippen LogP contribution in [-0.2, 0) is 9.53 Å². The van der Waals surface area contributed by atoms with Crippen LogP contribution in [-0.4, -0.2) is 17.1 Å². The van der Waals surface area contributed by atoms with E-state index in [1.54, 1.807) is 12.1 Å². The molecule has 2 saturated carbocycles. The predicted molar refractivity (Wildman–Crippen MR) is 120 cm³/mol. The quantitative estimate of drug-likeness (QED) is 0.490. The lowest BCUT2D eigenvalue weighted by atomic mass is 9.60. The Kier molecular flexibility index (Phi) is 5.59. The van der Waals surface area contributed by atoms with Crippen LogP contribution < -0.4 is 0 Å². The van der Waals surface area contributed by atoms with Gasteiger partial charge in [0.15, 0.2) is 0 Å². The third kappa shape index (κ3) is 3.90. The molecule has 3 nitrogen and oxygen atoms in total. The molecule has 2 heterocycles. The van der Waals surface area contributed by atoms with Gasteiger partial charge < -0.3 is 4.74 Å². The van der Waals surface area contributed by atoms with Gasteiger partial charge in [0, 0.05) is 33.3 Å². The zero-order chi connectivity index (χ0) is 20.7. The Bertz CT molecular complexity index is 972. The highest BCUT2D eigenvalue weighted by atomic mass is 35.5. The molecule has 1 aromatic heterocycles. The molecule has 0 bridgehead atoms. The smallest absolute Gasteiger partial charge is 0.306 e. The number of ether oxygens (including phenoxy) is 1. The van der Waals surface area contributed by atoms with Gasteiger partial charge in [0.2, 0.25) is 0 Å². The average molecular weight is 442 g/mol. The second-order valence-electron chi connectivity index (χ2n) is 8.87. The van der Waals surface area contributed by atoms with Crippen LogP contribution in [0.2, 0.25) is 10.0 Å². The van der Waals surface area contributed by atoms with E-state index in [0.717, 1.165) is 23.2 Å².